The van der Waals surface area contributed by atoms with Crippen LogP contribution in [-0.2, 0) is 30.4 Å². The van der Waals surface area contributed by atoms with Crippen molar-refractivity contribution < 1.29 is 46.6 Å². The van der Waals surface area contributed by atoms with Crippen LogP contribution in [0.25, 0.3) is 11.2 Å². The quantitative estimate of drug-likeness (QED) is 0.179. The SMILES string of the molecule is CCCCOC(=O)N1CCN(C(=O)CC[C@H](NC(=O)c2ccc(N(Cc3cnc4nc(N)[nH]c(=O)c4n3)C(=O)C(F)(F)F)cc2)C(=O)OC(C)(C)C)CC1. The number of rotatable bonds is 12. The molecular formula is C34H42F3N9O8. The van der Waals surface area contributed by atoms with Crippen molar-refractivity contribution in [3.05, 3.63) is 52.1 Å². The third-order valence-electron chi connectivity index (χ3n) is 7.99. The lowest BCUT2D eigenvalue weighted by atomic mass is 10.1. The molecule has 17 nitrogen and oxygen atoms in total. The molecule has 1 fully saturated rings. The molecule has 4 amide bonds. The molecule has 3 aromatic rings. The van der Waals surface area contributed by atoms with Crippen LogP contribution in [0.3, 0.4) is 0 Å². The van der Waals surface area contributed by atoms with Crippen LogP contribution in [0, 0.1) is 0 Å². The average molecular weight is 762 g/mol. The number of alkyl halides is 3. The normalized spacial score (nSPS) is 14.0. The summed E-state index contributed by atoms with van der Waals surface area (Å²) in [6.07, 6.45) is -3.37. The summed E-state index contributed by atoms with van der Waals surface area (Å²) in [6.45, 7) is 7.46. The number of fused-ring (bicyclic) bond motifs is 1. The van der Waals surface area contributed by atoms with E-state index in [1.54, 1.807) is 25.7 Å². The van der Waals surface area contributed by atoms with E-state index in [9.17, 15) is 41.9 Å². The molecule has 4 rings (SSSR count). The number of carbonyl (C=O) groups is 5. The molecule has 54 heavy (non-hydrogen) atoms. The number of nitrogens with two attached hydrogens (primary N) is 1. The number of anilines is 2. The van der Waals surface area contributed by atoms with Gasteiger partial charge in [0, 0.05) is 43.9 Å². The number of aromatic amines is 1. The number of amides is 4. The van der Waals surface area contributed by atoms with E-state index in [0.29, 0.717) is 11.5 Å². The van der Waals surface area contributed by atoms with Gasteiger partial charge in [-0.2, -0.15) is 18.2 Å². The molecule has 1 aliphatic rings. The highest BCUT2D eigenvalue weighted by Crippen LogP contribution is 2.26. The Balaban J connectivity index is 1.46. The molecule has 0 bridgehead atoms. The van der Waals surface area contributed by atoms with Gasteiger partial charge in [-0.3, -0.25) is 29.1 Å². The van der Waals surface area contributed by atoms with Crippen LogP contribution < -0.4 is 21.5 Å². The molecule has 4 N–H and O–H groups in total. The van der Waals surface area contributed by atoms with Gasteiger partial charge in [0.1, 0.15) is 11.6 Å². The van der Waals surface area contributed by atoms with Crippen molar-refractivity contribution >= 4 is 52.6 Å². The minimum absolute atomic E-state index is 0.0827. The minimum atomic E-state index is -5.31. The maximum absolute atomic E-state index is 13.7. The third kappa shape index (κ3) is 11.1. The number of unbranched alkanes of at least 4 members (excludes halogenated alkanes) is 1. The van der Waals surface area contributed by atoms with Crippen molar-refractivity contribution in [2.75, 3.05) is 43.4 Å². The molecule has 0 unspecified atom stereocenters. The number of H-pyrrole nitrogens is 1. The van der Waals surface area contributed by atoms with Gasteiger partial charge in [-0.1, -0.05) is 13.3 Å². The number of hydrogen-bond acceptors (Lipinski definition) is 12. The standard InChI is InChI=1S/C34H42F3N9O8/c1-5-6-17-53-32(52)45-15-13-44(14-16-45)24(47)12-11-23(29(50)54-33(2,3)4)41-27(48)20-7-9-22(10-8-20)46(30(51)34(35,36)37)19-21-18-39-26-25(40-21)28(49)43-31(38)42-26/h7-10,18,23H,5-6,11-17,19H2,1-4H3,(H,41,48)(H3,38,39,42,43,49)/t23-/m0/s1. The van der Waals surface area contributed by atoms with Crippen LogP contribution in [0.2, 0.25) is 0 Å². The summed E-state index contributed by atoms with van der Waals surface area (Å²) in [5.74, 6) is -4.42. The molecule has 2 aromatic heterocycles. The average Bonchev–Trinajstić information content (AvgIpc) is 3.11. The van der Waals surface area contributed by atoms with E-state index < -0.39 is 53.8 Å². The second-order valence-electron chi connectivity index (χ2n) is 13.4. The summed E-state index contributed by atoms with van der Waals surface area (Å²) in [5, 5.41) is 2.54. The number of esters is 1. The first-order chi connectivity index (χ1) is 25.4. The first-order valence-electron chi connectivity index (χ1n) is 17.1. The number of nitrogens with zero attached hydrogens (tertiary/aromatic N) is 6. The fraction of sp³-hybridized carbons (Fsp3) is 0.500. The van der Waals surface area contributed by atoms with Crippen molar-refractivity contribution in [2.24, 2.45) is 0 Å². The Labute approximate surface area is 307 Å². The van der Waals surface area contributed by atoms with E-state index in [1.807, 2.05) is 6.92 Å². The Morgan fingerprint density at radius 3 is 2.28 bits per heavy atom. The molecule has 0 radical (unpaired) electrons. The second kappa shape index (κ2) is 17.3. The van der Waals surface area contributed by atoms with Gasteiger partial charge in [0.15, 0.2) is 11.2 Å². The second-order valence-corrected chi connectivity index (χ2v) is 13.4. The van der Waals surface area contributed by atoms with Crippen molar-refractivity contribution in [3.63, 3.8) is 0 Å². The molecule has 0 spiro atoms. The maximum Gasteiger partial charge on any atom is 0.471 e. The van der Waals surface area contributed by atoms with Gasteiger partial charge >= 0.3 is 24.1 Å². The van der Waals surface area contributed by atoms with Gasteiger partial charge in [0.2, 0.25) is 11.9 Å². The molecule has 0 saturated carbocycles. The fourth-order valence-electron chi connectivity index (χ4n) is 5.26. The van der Waals surface area contributed by atoms with Gasteiger partial charge in [-0.25, -0.2) is 19.6 Å². The fourth-order valence-corrected chi connectivity index (χ4v) is 5.26. The largest absolute Gasteiger partial charge is 0.471 e. The van der Waals surface area contributed by atoms with Crippen molar-refractivity contribution in [1.29, 1.82) is 0 Å². The number of nitrogens with one attached hydrogen (secondary N) is 2. The highest BCUT2D eigenvalue weighted by molar-refractivity contribution is 5.99. The zero-order valence-electron chi connectivity index (χ0n) is 30.2. The molecule has 1 atom stereocenters. The molecular weight excluding hydrogens is 719 g/mol. The van der Waals surface area contributed by atoms with Gasteiger partial charge in [-0.05, 0) is 57.9 Å². The lowest BCUT2D eigenvalue weighted by Crippen LogP contribution is -2.51. The smallest absolute Gasteiger partial charge is 0.458 e. The Morgan fingerprint density at radius 2 is 1.67 bits per heavy atom. The van der Waals surface area contributed by atoms with Gasteiger partial charge in [-0.15, -0.1) is 0 Å². The highest BCUT2D eigenvalue weighted by atomic mass is 19.4. The summed E-state index contributed by atoms with van der Waals surface area (Å²) < 4.78 is 51.7. The van der Waals surface area contributed by atoms with Gasteiger partial charge in [0.25, 0.3) is 11.5 Å². The van der Waals surface area contributed by atoms with Crippen molar-refractivity contribution in [2.45, 2.75) is 77.7 Å². The summed E-state index contributed by atoms with van der Waals surface area (Å²) >= 11 is 0. The Hall–Kier alpha value is -5.82. The predicted molar refractivity (Wildman–Crippen MR) is 187 cm³/mol. The molecule has 0 aliphatic carbocycles. The van der Waals surface area contributed by atoms with E-state index in [-0.39, 0.29) is 79.0 Å². The van der Waals surface area contributed by atoms with Crippen molar-refractivity contribution in [1.82, 2.24) is 35.1 Å². The van der Waals surface area contributed by atoms with E-state index in [4.69, 9.17) is 15.2 Å². The van der Waals surface area contributed by atoms with Crippen LogP contribution in [0.5, 0.6) is 0 Å². The van der Waals surface area contributed by atoms with Gasteiger partial charge < -0.3 is 30.3 Å². The maximum atomic E-state index is 13.7. The van der Waals surface area contributed by atoms with E-state index >= 15 is 0 Å². The third-order valence-corrected chi connectivity index (χ3v) is 7.99. The molecule has 1 aliphatic heterocycles. The summed E-state index contributed by atoms with van der Waals surface area (Å²) in [6, 6.07) is 3.20. The molecule has 20 heteroatoms. The molecule has 1 aromatic carbocycles. The first kappa shape index (κ1) is 40.9. The number of halogens is 3. The zero-order chi connectivity index (χ0) is 39.8. The van der Waals surface area contributed by atoms with E-state index in [2.05, 4.69) is 25.3 Å². The lowest BCUT2D eigenvalue weighted by Gasteiger charge is -2.34. The van der Waals surface area contributed by atoms with Crippen LogP contribution >= 0.6 is 0 Å². The van der Waals surface area contributed by atoms with Crippen LogP contribution in [0.1, 0.15) is 69.4 Å². The zero-order valence-corrected chi connectivity index (χ0v) is 30.2. The monoisotopic (exact) mass is 761 g/mol. The van der Waals surface area contributed by atoms with Crippen LogP contribution in [-0.4, -0.2) is 110 Å². The number of piperazine rings is 1. The number of benzene rings is 1. The minimum Gasteiger partial charge on any atom is -0.458 e. The van der Waals surface area contributed by atoms with E-state index in [0.717, 1.165) is 43.3 Å². The highest BCUT2D eigenvalue weighted by Gasteiger charge is 2.43. The molecule has 292 valence electrons. The predicted octanol–water partition coefficient (Wildman–Crippen LogP) is 2.69. The Bertz CT molecular complexity index is 1910. The van der Waals surface area contributed by atoms with Crippen LogP contribution in [0.15, 0.2) is 35.3 Å². The Morgan fingerprint density at radius 1 is 1.02 bits per heavy atom. The van der Waals surface area contributed by atoms with Crippen molar-refractivity contribution in [3.8, 4) is 0 Å². The van der Waals surface area contributed by atoms with E-state index in [1.165, 1.54) is 4.90 Å². The lowest BCUT2D eigenvalue weighted by molar-refractivity contribution is -0.170. The topological polar surface area (TPSA) is 223 Å². The number of nitrogen functional groups attached to an aromatic ring is 1. The number of hydrogen-bond donors (Lipinski definition) is 3. The number of ether oxygens (including phenoxy) is 2. The molecule has 3 heterocycles. The van der Waals surface area contributed by atoms with Gasteiger partial charge in [0.05, 0.1) is 25.0 Å². The van der Waals surface area contributed by atoms with Crippen LogP contribution in [0.4, 0.5) is 29.6 Å². The Kier molecular flexibility index (Phi) is 13.1. The first-order valence-corrected chi connectivity index (χ1v) is 17.1. The number of carbonyl (C=O) groups excluding carboxylic acids is 5. The summed E-state index contributed by atoms with van der Waals surface area (Å²) in [7, 11) is 0. The molecule has 1 saturated heterocycles. The summed E-state index contributed by atoms with van der Waals surface area (Å²) in [4.78, 5) is 93.9. The summed E-state index contributed by atoms with van der Waals surface area (Å²) in [5.41, 5.74) is 2.77. The number of aromatic nitrogens is 4.